The number of hydrogen-bond donors (Lipinski definition) is 1. The lowest BCUT2D eigenvalue weighted by Crippen LogP contribution is -2.51. The summed E-state index contributed by atoms with van der Waals surface area (Å²) < 4.78 is 16.4. The Kier molecular flexibility index (Phi) is 7.70. The van der Waals surface area contributed by atoms with Gasteiger partial charge in [0.25, 0.3) is 11.7 Å². The van der Waals surface area contributed by atoms with Crippen molar-refractivity contribution in [2.45, 2.75) is 52.0 Å². The molecule has 11 nitrogen and oxygen atoms in total. The number of nitro groups is 1. The number of nitro benzene ring substituents is 1. The molecule has 2 aliphatic heterocycles. The number of aliphatic carboxylic acids is 1. The molecule has 1 saturated heterocycles. The molecule has 3 unspecified atom stereocenters. The Balaban J connectivity index is 0.000000735. The number of ether oxygens (including phenoxy) is 3. The summed E-state index contributed by atoms with van der Waals surface area (Å²) in [5, 5.41) is 18.3. The van der Waals surface area contributed by atoms with Crippen molar-refractivity contribution < 1.29 is 38.6 Å². The van der Waals surface area contributed by atoms with Gasteiger partial charge in [-0.15, -0.1) is 0 Å². The van der Waals surface area contributed by atoms with E-state index in [4.69, 9.17) is 24.1 Å². The van der Waals surface area contributed by atoms with Crippen LogP contribution >= 0.6 is 0 Å². The zero-order valence-electron chi connectivity index (χ0n) is 16.9. The fourth-order valence-corrected chi connectivity index (χ4v) is 3.44. The molecule has 1 N–H and O–H groups in total. The van der Waals surface area contributed by atoms with E-state index in [0.717, 1.165) is 18.2 Å². The molecule has 2 heterocycles. The molecule has 30 heavy (non-hydrogen) atoms. The van der Waals surface area contributed by atoms with E-state index in [-0.39, 0.29) is 18.5 Å². The molecule has 0 bridgehead atoms. The highest BCUT2D eigenvalue weighted by molar-refractivity contribution is 5.67. The summed E-state index contributed by atoms with van der Waals surface area (Å²) in [7, 11) is 0. The van der Waals surface area contributed by atoms with Gasteiger partial charge in [-0.3, -0.25) is 24.5 Å². The van der Waals surface area contributed by atoms with Crippen molar-refractivity contribution in [1.29, 1.82) is 0 Å². The number of fused-ring (bicyclic) bond motifs is 1. The van der Waals surface area contributed by atoms with Gasteiger partial charge in [-0.2, -0.15) is 0 Å². The Hall–Kier alpha value is -3.21. The van der Waals surface area contributed by atoms with Crippen LogP contribution in [0.3, 0.4) is 0 Å². The van der Waals surface area contributed by atoms with Crippen LogP contribution in [-0.4, -0.2) is 59.5 Å². The van der Waals surface area contributed by atoms with E-state index in [1.165, 1.54) is 19.9 Å². The minimum Gasteiger partial charge on any atom is -0.481 e. The SMILES string of the molecule is CC(=O)O.CC(=O)OC1COC(N2CCc3cc([N+](=O)[O-])ccc32)CC1OC(C)=O. The zero-order valence-corrected chi connectivity index (χ0v) is 16.9. The van der Waals surface area contributed by atoms with Gasteiger partial charge in [-0.1, -0.05) is 0 Å². The minimum absolute atomic E-state index is 0.0582. The van der Waals surface area contributed by atoms with Crippen molar-refractivity contribution in [3.05, 3.63) is 33.9 Å². The summed E-state index contributed by atoms with van der Waals surface area (Å²) in [6.07, 6.45) is -0.603. The van der Waals surface area contributed by atoms with Crippen molar-refractivity contribution in [2.24, 2.45) is 0 Å². The van der Waals surface area contributed by atoms with E-state index in [0.29, 0.717) is 19.4 Å². The van der Waals surface area contributed by atoms with Crippen LogP contribution in [0.25, 0.3) is 0 Å². The van der Waals surface area contributed by atoms with Gasteiger partial charge in [-0.05, 0) is 18.1 Å². The van der Waals surface area contributed by atoms with Crippen LogP contribution in [-0.2, 0) is 35.0 Å². The van der Waals surface area contributed by atoms with Crippen molar-refractivity contribution in [3.8, 4) is 0 Å². The quantitative estimate of drug-likeness (QED) is 0.430. The van der Waals surface area contributed by atoms with E-state index >= 15 is 0 Å². The molecule has 1 aromatic rings. The summed E-state index contributed by atoms with van der Waals surface area (Å²) in [6, 6.07) is 4.75. The van der Waals surface area contributed by atoms with E-state index in [9.17, 15) is 19.7 Å². The second-order valence-electron chi connectivity index (χ2n) is 6.85. The van der Waals surface area contributed by atoms with Crippen LogP contribution < -0.4 is 4.90 Å². The van der Waals surface area contributed by atoms with Crippen molar-refractivity contribution in [1.82, 2.24) is 0 Å². The first-order valence-corrected chi connectivity index (χ1v) is 9.28. The highest BCUT2D eigenvalue weighted by Gasteiger charge is 2.39. The van der Waals surface area contributed by atoms with E-state index in [1.807, 2.05) is 4.90 Å². The third kappa shape index (κ3) is 6.14. The normalized spacial score (nSPS) is 22.2. The Bertz CT molecular complexity index is 822. The second-order valence-corrected chi connectivity index (χ2v) is 6.85. The molecule has 0 amide bonds. The Labute approximate surface area is 172 Å². The van der Waals surface area contributed by atoms with Crippen molar-refractivity contribution in [2.75, 3.05) is 18.1 Å². The molecular formula is C19H24N2O9. The van der Waals surface area contributed by atoms with Gasteiger partial charge >= 0.3 is 11.9 Å². The van der Waals surface area contributed by atoms with Crippen LogP contribution in [0, 0.1) is 10.1 Å². The summed E-state index contributed by atoms with van der Waals surface area (Å²) in [4.78, 5) is 44.2. The molecule has 2 aliphatic rings. The van der Waals surface area contributed by atoms with Crippen LogP contribution in [0.15, 0.2) is 18.2 Å². The first kappa shape index (κ1) is 23.1. The topological polar surface area (TPSA) is 146 Å². The molecule has 0 spiro atoms. The van der Waals surface area contributed by atoms with E-state index in [1.54, 1.807) is 12.1 Å². The standard InChI is InChI=1S/C17H20N2O7.C2H4O2/c1-10(20)25-15-8-17(24-9-16(15)26-11(2)21)18-6-5-12-7-13(19(22)23)3-4-14(12)18;1-2(3)4/h3-4,7,15-17H,5-6,8-9H2,1-2H3;1H3,(H,3,4). The number of carboxylic acids is 1. The van der Waals surface area contributed by atoms with Gasteiger partial charge < -0.3 is 24.2 Å². The maximum Gasteiger partial charge on any atom is 0.303 e. The average molecular weight is 424 g/mol. The van der Waals surface area contributed by atoms with Gasteiger partial charge in [0.2, 0.25) is 0 Å². The Morgan fingerprint density at radius 1 is 1.17 bits per heavy atom. The molecule has 11 heteroatoms. The number of benzene rings is 1. The Morgan fingerprint density at radius 3 is 2.33 bits per heavy atom. The smallest absolute Gasteiger partial charge is 0.303 e. The van der Waals surface area contributed by atoms with Crippen LogP contribution in [0.4, 0.5) is 11.4 Å². The molecule has 1 fully saturated rings. The average Bonchev–Trinajstić information content (AvgIpc) is 3.05. The highest BCUT2D eigenvalue weighted by Crippen LogP contribution is 2.35. The monoisotopic (exact) mass is 424 g/mol. The fourth-order valence-electron chi connectivity index (χ4n) is 3.44. The number of esters is 2. The minimum atomic E-state index is -0.833. The summed E-state index contributed by atoms with van der Waals surface area (Å²) in [5.41, 5.74) is 1.81. The number of rotatable bonds is 4. The fraction of sp³-hybridized carbons (Fsp3) is 0.526. The van der Waals surface area contributed by atoms with Gasteiger partial charge in [0.15, 0.2) is 6.10 Å². The van der Waals surface area contributed by atoms with Crippen molar-refractivity contribution in [3.63, 3.8) is 0 Å². The van der Waals surface area contributed by atoms with Gasteiger partial charge in [0.05, 0.1) is 11.5 Å². The van der Waals surface area contributed by atoms with E-state index in [2.05, 4.69) is 0 Å². The number of non-ortho nitro benzene ring substituents is 1. The first-order chi connectivity index (χ1) is 14.1. The third-order valence-electron chi connectivity index (χ3n) is 4.49. The van der Waals surface area contributed by atoms with Crippen LogP contribution in [0.1, 0.15) is 32.8 Å². The molecule has 0 radical (unpaired) electrons. The molecule has 1 aromatic carbocycles. The molecule has 0 aromatic heterocycles. The van der Waals surface area contributed by atoms with Gasteiger partial charge in [0.1, 0.15) is 12.3 Å². The molecule has 0 aliphatic carbocycles. The number of nitrogens with zero attached hydrogens (tertiary/aromatic N) is 2. The predicted octanol–water partition coefficient (Wildman–Crippen LogP) is 1.66. The zero-order chi connectivity index (χ0) is 22.4. The van der Waals surface area contributed by atoms with E-state index < -0.39 is 35.0 Å². The lowest BCUT2D eigenvalue weighted by molar-refractivity contribution is -0.384. The molecular weight excluding hydrogens is 400 g/mol. The lowest BCUT2D eigenvalue weighted by atomic mass is 10.1. The van der Waals surface area contributed by atoms with Crippen LogP contribution in [0.2, 0.25) is 0 Å². The largest absolute Gasteiger partial charge is 0.481 e. The number of carboxylic acid groups (broad SMARTS) is 1. The molecule has 0 saturated carbocycles. The maximum atomic E-state index is 11.4. The number of carbonyl (C=O) groups excluding carboxylic acids is 2. The van der Waals surface area contributed by atoms with Gasteiger partial charge in [0, 0.05) is 51.6 Å². The lowest BCUT2D eigenvalue weighted by Gasteiger charge is -2.39. The van der Waals surface area contributed by atoms with Gasteiger partial charge in [-0.25, -0.2) is 0 Å². The van der Waals surface area contributed by atoms with Crippen molar-refractivity contribution >= 4 is 29.3 Å². The molecule has 3 rings (SSSR count). The third-order valence-corrected chi connectivity index (χ3v) is 4.49. The number of carbonyl (C=O) groups is 3. The second kappa shape index (κ2) is 10.0. The highest BCUT2D eigenvalue weighted by atomic mass is 16.6. The Morgan fingerprint density at radius 2 is 1.77 bits per heavy atom. The summed E-state index contributed by atoms with van der Waals surface area (Å²) in [5.74, 6) is -1.75. The summed E-state index contributed by atoms with van der Waals surface area (Å²) in [6.45, 7) is 4.44. The molecule has 164 valence electrons. The molecule has 3 atom stereocenters. The predicted molar refractivity (Wildman–Crippen MR) is 103 cm³/mol. The number of hydrogen-bond acceptors (Lipinski definition) is 9. The first-order valence-electron chi connectivity index (χ1n) is 9.28. The van der Waals surface area contributed by atoms with Crippen LogP contribution in [0.5, 0.6) is 0 Å². The number of anilines is 1. The maximum absolute atomic E-state index is 11.4. The summed E-state index contributed by atoms with van der Waals surface area (Å²) >= 11 is 0.